The number of halogens is 1. The first-order valence-electron chi connectivity index (χ1n) is 5.77. The van der Waals surface area contributed by atoms with Crippen LogP contribution in [0.4, 0.5) is 0 Å². The molecule has 90 valence electrons. The van der Waals surface area contributed by atoms with Crippen LogP contribution in [0.1, 0.15) is 30.9 Å². The maximum absolute atomic E-state index is 11.7. The lowest BCUT2D eigenvalue weighted by atomic mass is 9.92. The fourth-order valence-corrected chi connectivity index (χ4v) is 2.22. The molecule has 1 heterocycles. The quantitative estimate of drug-likeness (QED) is 0.601. The molecule has 1 aromatic rings. The molecule has 0 amide bonds. The van der Waals surface area contributed by atoms with Gasteiger partial charge < -0.3 is 4.74 Å². The van der Waals surface area contributed by atoms with Crippen LogP contribution in [0.25, 0.3) is 0 Å². The zero-order valence-corrected chi connectivity index (χ0v) is 10.3. The van der Waals surface area contributed by atoms with Crippen LogP contribution >= 0.6 is 11.6 Å². The molecule has 0 aromatic heterocycles. The van der Waals surface area contributed by atoms with E-state index >= 15 is 0 Å². The van der Waals surface area contributed by atoms with Crippen LogP contribution in [0, 0.1) is 5.92 Å². The molecule has 0 spiro atoms. The van der Waals surface area contributed by atoms with E-state index < -0.39 is 0 Å². The Labute approximate surface area is 106 Å². The van der Waals surface area contributed by atoms with Crippen molar-refractivity contribution in [3.8, 4) is 0 Å². The lowest BCUT2D eigenvalue weighted by Crippen LogP contribution is -2.26. The molecule has 0 radical (unpaired) electrons. The summed E-state index contributed by atoms with van der Waals surface area (Å²) in [5.74, 6) is -0.132. The number of rotatable bonds is 3. The van der Waals surface area contributed by atoms with Crippen LogP contribution < -0.4 is 0 Å². The van der Waals surface area contributed by atoms with E-state index in [0.29, 0.717) is 11.4 Å². The van der Waals surface area contributed by atoms with E-state index in [1.54, 1.807) is 6.08 Å². The number of carbonyl (C=O) groups excluding carboxylic acids is 1. The molecule has 1 saturated heterocycles. The second kappa shape index (κ2) is 5.37. The molecule has 2 rings (SSSR count). The molecule has 0 saturated carbocycles. The normalized spacial score (nSPS) is 24.2. The summed E-state index contributed by atoms with van der Waals surface area (Å²) in [5.41, 5.74) is 1.01. The third-order valence-corrected chi connectivity index (χ3v) is 3.31. The summed E-state index contributed by atoms with van der Waals surface area (Å²) < 4.78 is 5.45. The minimum atomic E-state index is -0.124. The first-order valence-corrected chi connectivity index (χ1v) is 6.15. The first kappa shape index (κ1) is 12.2. The maximum Gasteiger partial charge on any atom is 0.309 e. The van der Waals surface area contributed by atoms with Crippen molar-refractivity contribution in [3.63, 3.8) is 0 Å². The molecule has 0 aliphatic carbocycles. The molecule has 1 aliphatic rings. The summed E-state index contributed by atoms with van der Waals surface area (Å²) in [7, 11) is 0. The highest BCUT2D eigenvalue weighted by atomic mass is 35.5. The number of cyclic esters (lactones) is 1. The number of benzene rings is 1. The highest BCUT2D eigenvalue weighted by Crippen LogP contribution is 2.33. The lowest BCUT2D eigenvalue weighted by Gasteiger charge is -2.27. The van der Waals surface area contributed by atoms with E-state index in [1.807, 2.05) is 24.3 Å². The van der Waals surface area contributed by atoms with Gasteiger partial charge in [-0.05, 0) is 37.0 Å². The largest absolute Gasteiger partial charge is 0.457 e. The zero-order chi connectivity index (χ0) is 12.3. The van der Waals surface area contributed by atoms with Gasteiger partial charge in [-0.15, -0.1) is 6.58 Å². The molecule has 2 atom stereocenters. The van der Waals surface area contributed by atoms with Crippen molar-refractivity contribution in [2.45, 2.75) is 25.4 Å². The van der Waals surface area contributed by atoms with Crippen LogP contribution in [0.3, 0.4) is 0 Å². The third-order valence-electron chi connectivity index (χ3n) is 3.06. The highest BCUT2D eigenvalue weighted by molar-refractivity contribution is 6.30. The van der Waals surface area contributed by atoms with Crippen molar-refractivity contribution in [2.75, 3.05) is 0 Å². The first-order chi connectivity index (χ1) is 8.20. The Kier molecular flexibility index (Phi) is 3.85. The van der Waals surface area contributed by atoms with E-state index in [-0.39, 0.29) is 18.0 Å². The van der Waals surface area contributed by atoms with E-state index in [0.717, 1.165) is 18.4 Å². The number of allylic oxidation sites excluding steroid dienone is 1. The molecule has 2 unspecified atom stereocenters. The number of esters is 1. The summed E-state index contributed by atoms with van der Waals surface area (Å²) in [6.07, 6.45) is 4.07. The van der Waals surface area contributed by atoms with Gasteiger partial charge in [0.25, 0.3) is 0 Å². The molecular weight excluding hydrogens is 236 g/mol. The average molecular weight is 251 g/mol. The Morgan fingerprint density at radius 3 is 2.65 bits per heavy atom. The molecule has 3 heteroatoms. The maximum atomic E-state index is 11.7. The van der Waals surface area contributed by atoms with E-state index in [1.165, 1.54) is 0 Å². The summed E-state index contributed by atoms with van der Waals surface area (Å²) in [6, 6.07) is 7.46. The van der Waals surface area contributed by atoms with Gasteiger partial charge in [0.2, 0.25) is 0 Å². The van der Waals surface area contributed by atoms with Gasteiger partial charge in [0.1, 0.15) is 6.10 Å². The Balaban J connectivity index is 2.04. The van der Waals surface area contributed by atoms with Gasteiger partial charge in [-0.3, -0.25) is 4.79 Å². The fraction of sp³-hybridized carbons (Fsp3) is 0.357. The van der Waals surface area contributed by atoms with Crippen molar-refractivity contribution in [1.29, 1.82) is 0 Å². The van der Waals surface area contributed by atoms with Gasteiger partial charge in [-0.25, -0.2) is 0 Å². The third kappa shape index (κ3) is 2.89. The van der Waals surface area contributed by atoms with Gasteiger partial charge in [-0.1, -0.05) is 29.8 Å². The summed E-state index contributed by atoms with van der Waals surface area (Å²) in [4.78, 5) is 11.7. The second-order valence-corrected chi connectivity index (χ2v) is 4.71. The average Bonchev–Trinajstić information content (AvgIpc) is 2.33. The monoisotopic (exact) mass is 250 g/mol. The standard InChI is InChI=1S/C14H15ClO2/c1-2-3-11-6-9-13(17-14(11)16)10-4-7-12(15)8-5-10/h2,4-5,7-8,11,13H,1,3,6,9H2. The topological polar surface area (TPSA) is 26.3 Å². The predicted molar refractivity (Wildman–Crippen MR) is 67.8 cm³/mol. The van der Waals surface area contributed by atoms with Crippen molar-refractivity contribution in [1.82, 2.24) is 0 Å². The predicted octanol–water partition coefficient (Wildman–Crippen LogP) is 3.91. The van der Waals surface area contributed by atoms with Gasteiger partial charge in [0, 0.05) is 5.02 Å². The number of carbonyl (C=O) groups is 1. The van der Waals surface area contributed by atoms with Crippen molar-refractivity contribution in [3.05, 3.63) is 47.5 Å². The lowest BCUT2D eigenvalue weighted by molar-refractivity contribution is -0.160. The molecule has 1 aromatic carbocycles. The van der Waals surface area contributed by atoms with Gasteiger partial charge >= 0.3 is 5.97 Å². The van der Waals surface area contributed by atoms with Crippen molar-refractivity contribution >= 4 is 17.6 Å². The second-order valence-electron chi connectivity index (χ2n) is 4.28. The molecule has 1 aliphatic heterocycles. The molecule has 2 nitrogen and oxygen atoms in total. The van der Waals surface area contributed by atoms with Gasteiger partial charge in [-0.2, -0.15) is 0 Å². The summed E-state index contributed by atoms with van der Waals surface area (Å²) in [5, 5.41) is 0.695. The smallest absolute Gasteiger partial charge is 0.309 e. The number of hydrogen-bond donors (Lipinski definition) is 0. The van der Waals surface area contributed by atoms with Crippen molar-refractivity contribution < 1.29 is 9.53 Å². The van der Waals surface area contributed by atoms with Crippen LogP contribution in [-0.2, 0) is 9.53 Å². The Hall–Kier alpha value is -1.28. The zero-order valence-electron chi connectivity index (χ0n) is 9.56. The minimum absolute atomic E-state index is 0.0175. The van der Waals surface area contributed by atoms with Crippen LogP contribution in [0.2, 0.25) is 5.02 Å². The SMILES string of the molecule is C=CCC1CCC(c2ccc(Cl)cc2)OC1=O. The van der Waals surface area contributed by atoms with Crippen LogP contribution in [-0.4, -0.2) is 5.97 Å². The highest BCUT2D eigenvalue weighted by Gasteiger charge is 2.29. The van der Waals surface area contributed by atoms with Gasteiger partial charge in [0.05, 0.1) is 5.92 Å². The number of hydrogen-bond acceptors (Lipinski definition) is 2. The fourth-order valence-electron chi connectivity index (χ4n) is 2.09. The van der Waals surface area contributed by atoms with Crippen LogP contribution in [0.15, 0.2) is 36.9 Å². The molecule has 17 heavy (non-hydrogen) atoms. The van der Waals surface area contributed by atoms with E-state index in [2.05, 4.69) is 6.58 Å². The Morgan fingerprint density at radius 2 is 2.06 bits per heavy atom. The van der Waals surface area contributed by atoms with Gasteiger partial charge in [0.15, 0.2) is 0 Å². The molecule has 0 N–H and O–H groups in total. The summed E-state index contributed by atoms with van der Waals surface area (Å²) >= 11 is 5.82. The summed E-state index contributed by atoms with van der Waals surface area (Å²) in [6.45, 7) is 3.65. The van der Waals surface area contributed by atoms with Crippen molar-refractivity contribution in [2.24, 2.45) is 5.92 Å². The molecular formula is C14H15ClO2. The van der Waals surface area contributed by atoms with E-state index in [9.17, 15) is 4.79 Å². The molecule has 0 bridgehead atoms. The van der Waals surface area contributed by atoms with Crippen LogP contribution in [0.5, 0.6) is 0 Å². The van der Waals surface area contributed by atoms with E-state index in [4.69, 9.17) is 16.3 Å². The number of ether oxygens (including phenoxy) is 1. The Morgan fingerprint density at radius 1 is 1.35 bits per heavy atom. The Bertz CT molecular complexity index is 411. The minimum Gasteiger partial charge on any atom is -0.457 e. The molecule has 1 fully saturated rings.